The molecule has 29 heavy (non-hydrogen) atoms. The SMILES string of the molecule is CCC[N+](CCCS(=O)(=O)O)(CCCS(=O)(=O)O)CC(=O)OCc1ccccc1. The topological polar surface area (TPSA) is 135 Å². The van der Waals surface area contributed by atoms with E-state index in [2.05, 4.69) is 0 Å². The van der Waals surface area contributed by atoms with Crippen LogP contribution < -0.4 is 0 Å². The molecule has 0 aliphatic rings. The molecule has 0 fully saturated rings. The molecule has 11 heteroatoms. The van der Waals surface area contributed by atoms with Crippen LogP contribution in [0.25, 0.3) is 0 Å². The van der Waals surface area contributed by atoms with E-state index in [0.29, 0.717) is 13.0 Å². The van der Waals surface area contributed by atoms with Crippen LogP contribution in [0, 0.1) is 0 Å². The predicted molar refractivity (Wildman–Crippen MR) is 108 cm³/mol. The first-order valence-corrected chi connectivity index (χ1v) is 12.6. The zero-order valence-electron chi connectivity index (χ0n) is 16.6. The van der Waals surface area contributed by atoms with Gasteiger partial charge in [0.25, 0.3) is 20.2 Å². The van der Waals surface area contributed by atoms with Gasteiger partial charge in [-0.1, -0.05) is 37.3 Å². The minimum atomic E-state index is -4.14. The molecule has 0 saturated heterocycles. The molecule has 0 radical (unpaired) electrons. The Hall–Kier alpha value is -1.53. The molecule has 1 aromatic rings. The zero-order chi connectivity index (χ0) is 22.0. The molecule has 1 rings (SSSR count). The molecule has 0 aromatic heterocycles. The molecule has 0 aliphatic carbocycles. The number of quaternary nitrogens is 1. The van der Waals surface area contributed by atoms with Gasteiger partial charge in [0.05, 0.1) is 31.1 Å². The second kappa shape index (κ2) is 11.6. The predicted octanol–water partition coefficient (Wildman–Crippen LogP) is 1.51. The van der Waals surface area contributed by atoms with E-state index in [1.54, 1.807) is 0 Å². The van der Waals surface area contributed by atoms with Crippen molar-refractivity contribution in [3.8, 4) is 0 Å². The van der Waals surface area contributed by atoms with Crippen LogP contribution in [0.2, 0.25) is 0 Å². The largest absolute Gasteiger partial charge is 0.457 e. The van der Waals surface area contributed by atoms with Gasteiger partial charge in [0.1, 0.15) is 6.61 Å². The van der Waals surface area contributed by atoms with E-state index in [4.69, 9.17) is 13.8 Å². The highest BCUT2D eigenvalue weighted by molar-refractivity contribution is 7.86. The summed E-state index contributed by atoms with van der Waals surface area (Å²) in [5.41, 5.74) is 0.826. The molecule has 0 spiro atoms. The molecule has 166 valence electrons. The van der Waals surface area contributed by atoms with Crippen molar-refractivity contribution in [2.45, 2.75) is 32.8 Å². The number of nitrogens with zero attached hydrogens (tertiary/aromatic N) is 1. The summed E-state index contributed by atoms with van der Waals surface area (Å²) in [6.07, 6.45) is 0.886. The van der Waals surface area contributed by atoms with Crippen molar-refractivity contribution in [2.24, 2.45) is 0 Å². The van der Waals surface area contributed by atoms with E-state index in [9.17, 15) is 21.6 Å². The average molecular weight is 453 g/mol. The van der Waals surface area contributed by atoms with Gasteiger partial charge in [-0.05, 0) is 12.0 Å². The number of carbonyl (C=O) groups excluding carboxylic acids is 1. The first kappa shape index (κ1) is 25.5. The number of rotatable bonds is 14. The molecule has 0 saturated carbocycles. The van der Waals surface area contributed by atoms with Crippen molar-refractivity contribution >= 4 is 26.2 Å². The Labute approximate surface area is 172 Å². The lowest BCUT2D eigenvalue weighted by Gasteiger charge is -2.37. The van der Waals surface area contributed by atoms with Gasteiger partial charge in [-0.25, -0.2) is 4.79 Å². The molecule has 0 unspecified atom stereocenters. The highest BCUT2D eigenvalue weighted by Crippen LogP contribution is 2.14. The quantitative estimate of drug-likeness (QED) is 0.246. The Balaban J connectivity index is 2.83. The lowest BCUT2D eigenvalue weighted by Crippen LogP contribution is -2.54. The van der Waals surface area contributed by atoms with Crippen LogP contribution in [0.1, 0.15) is 31.7 Å². The fourth-order valence-corrected chi connectivity index (χ4v) is 4.26. The van der Waals surface area contributed by atoms with Gasteiger partial charge >= 0.3 is 5.97 Å². The van der Waals surface area contributed by atoms with Gasteiger partial charge < -0.3 is 9.22 Å². The first-order chi connectivity index (χ1) is 13.4. The van der Waals surface area contributed by atoms with E-state index >= 15 is 0 Å². The summed E-state index contributed by atoms with van der Waals surface area (Å²) in [6.45, 7) is 2.93. The fraction of sp³-hybridized carbons (Fsp3) is 0.611. The van der Waals surface area contributed by atoms with Gasteiger partial charge in [-0.15, -0.1) is 0 Å². The minimum Gasteiger partial charge on any atom is -0.457 e. The van der Waals surface area contributed by atoms with Gasteiger partial charge in [-0.2, -0.15) is 16.8 Å². The standard InChI is InChI=1S/C18H29NO8S2/c1-2-10-19(11-6-13-28(21,22)23,12-7-14-29(24,25)26)15-18(20)27-16-17-8-4-3-5-9-17/h3-5,8-9H,2,6-7,10-16H2,1H3,(H-,21,22,23,24,25,26)/p+1. The van der Waals surface area contributed by atoms with Crippen LogP contribution in [-0.2, 0) is 36.4 Å². The fourth-order valence-electron chi connectivity index (χ4n) is 3.27. The summed E-state index contributed by atoms with van der Waals surface area (Å²) < 4.78 is 67.6. The molecule has 0 aliphatic heterocycles. The second-order valence-electron chi connectivity index (χ2n) is 7.10. The highest BCUT2D eigenvalue weighted by Gasteiger charge is 2.31. The summed E-state index contributed by atoms with van der Waals surface area (Å²) in [5, 5.41) is 0. The minimum absolute atomic E-state index is 0.0579. The van der Waals surface area contributed by atoms with Crippen LogP contribution >= 0.6 is 0 Å². The van der Waals surface area contributed by atoms with E-state index in [0.717, 1.165) is 5.56 Å². The Morgan fingerprint density at radius 2 is 1.45 bits per heavy atom. The molecule has 0 atom stereocenters. The maximum Gasteiger partial charge on any atom is 0.362 e. The molecule has 2 N–H and O–H groups in total. The average Bonchev–Trinajstić information content (AvgIpc) is 2.59. The number of carbonyl (C=O) groups is 1. The molecule has 0 heterocycles. The third-order valence-electron chi connectivity index (χ3n) is 4.47. The lowest BCUT2D eigenvalue weighted by atomic mass is 10.2. The van der Waals surface area contributed by atoms with Crippen molar-refractivity contribution in [3.05, 3.63) is 35.9 Å². The number of hydrogen-bond acceptors (Lipinski definition) is 6. The molecule has 0 bridgehead atoms. The van der Waals surface area contributed by atoms with Crippen LogP contribution in [0.5, 0.6) is 0 Å². The summed E-state index contributed by atoms with van der Waals surface area (Å²) in [5.74, 6) is -1.39. The van der Waals surface area contributed by atoms with Crippen molar-refractivity contribution < 1.29 is 40.0 Å². The van der Waals surface area contributed by atoms with Gasteiger partial charge in [-0.3, -0.25) is 9.11 Å². The van der Waals surface area contributed by atoms with E-state index < -0.39 is 37.7 Å². The zero-order valence-corrected chi connectivity index (χ0v) is 18.2. The van der Waals surface area contributed by atoms with Crippen LogP contribution in [-0.4, -0.2) is 74.1 Å². The monoisotopic (exact) mass is 452 g/mol. The van der Waals surface area contributed by atoms with Crippen molar-refractivity contribution in [1.29, 1.82) is 0 Å². The summed E-state index contributed by atoms with van der Waals surface area (Å²) in [6, 6.07) is 9.13. The maximum absolute atomic E-state index is 12.5. The van der Waals surface area contributed by atoms with E-state index in [1.165, 1.54) is 0 Å². The smallest absolute Gasteiger partial charge is 0.362 e. The summed E-state index contributed by atoms with van der Waals surface area (Å²) in [4.78, 5) is 12.5. The van der Waals surface area contributed by atoms with Gasteiger partial charge in [0.2, 0.25) is 0 Å². The lowest BCUT2D eigenvalue weighted by molar-refractivity contribution is -0.921. The Morgan fingerprint density at radius 3 is 1.90 bits per heavy atom. The number of ether oxygens (including phenoxy) is 1. The van der Waals surface area contributed by atoms with Crippen molar-refractivity contribution in [3.63, 3.8) is 0 Å². The maximum atomic E-state index is 12.5. The molecular formula is C18H30NO8S2+. The van der Waals surface area contributed by atoms with Crippen molar-refractivity contribution in [1.82, 2.24) is 0 Å². The third-order valence-corrected chi connectivity index (χ3v) is 6.08. The Bertz CT molecular complexity index is 800. The van der Waals surface area contributed by atoms with Gasteiger partial charge in [0, 0.05) is 12.8 Å². The molecule has 1 aromatic carbocycles. The Morgan fingerprint density at radius 1 is 0.931 bits per heavy atom. The summed E-state index contributed by atoms with van der Waals surface area (Å²) >= 11 is 0. The molecule has 0 amide bonds. The van der Waals surface area contributed by atoms with E-state index in [1.807, 2.05) is 37.3 Å². The number of esters is 1. The normalized spacial score (nSPS) is 12.7. The van der Waals surface area contributed by atoms with Crippen LogP contribution in [0.15, 0.2) is 30.3 Å². The second-order valence-corrected chi connectivity index (χ2v) is 10.2. The van der Waals surface area contributed by atoms with E-state index in [-0.39, 0.29) is 43.6 Å². The molecule has 9 nitrogen and oxygen atoms in total. The number of benzene rings is 1. The van der Waals surface area contributed by atoms with Crippen molar-refractivity contribution in [2.75, 3.05) is 37.7 Å². The van der Waals surface area contributed by atoms with Gasteiger partial charge in [0.15, 0.2) is 6.54 Å². The third kappa shape index (κ3) is 11.9. The van der Waals surface area contributed by atoms with Crippen LogP contribution in [0.3, 0.4) is 0 Å². The highest BCUT2D eigenvalue weighted by atomic mass is 32.2. The summed E-state index contributed by atoms with van der Waals surface area (Å²) in [7, 11) is -8.28. The number of hydrogen-bond donors (Lipinski definition) is 2. The molecular weight excluding hydrogens is 422 g/mol. The van der Waals surface area contributed by atoms with Crippen LogP contribution in [0.4, 0.5) is 0 Å². The first-order valence-electron chi connectivity index (χ1n) is 9.40. The Kier molecular flexibility index (Phi) is 10.2.